The van der Waals surface area contributed by atoms with Crippen LogP contribution in [0.25, 0.3) is 0 Å². The monoisotopic (exact) mass is 444 g/mol. The van der Waals surface area contributed by atoms with E-state index in [0.29, 0.717) is 0 Å². The number of rotatable bonds is 22. The van der Waals surface area contributed by atoms with E-state index in [4.69, 9.17) is 4.52 Å². The average Bonchev–Trinajstić information content (AvgIpc) is 2.70. The van der Waals surface area contributed by atoms with Crippen molar-refractivity contribution >= 4 is 12.8 Å². The number of carbonyl (C=O) groups is 1. The normalized spacial score (nSPS) is 13.2. The Labute approximate surface area is 190 Å². The molecule has 30 heavy (non-hydrogen) atoms. The molecule has 0 aliphatic carbocycles. The summed E-state index contributed by atoms with van der Waals surface area (Å²) in [5, 5.41) is 0. The summed E-state index contributed by atoms with van der Waals surface area (Å²) in [5.74, 6) is -0.0295. The second-order valence-corrected chi connectivity index (χ2v) is 16.1. The first kappa shape index (κ1) is 29.9. The predicted octanol–water partition coefficient (Wildman–Crippen LogP) is 9.73. The summed E-state index contributed by atoms with van der Waals surface area (Å²) >= 11 is 0. The van der Waals surface area contributed by atoms with Crippen LogP contribution in [0.4, 0.5) is 0 Å². The number of hydrogen-bond acceptors (Lipinski definition) is 2. The van der Waals surface area contributed by atoms with Crippen LogP contribution in [0.2, 0.25) is 0 Å². The van der Waals surface area contributed by atoms with Crippen molar-refractivity contribution in [2.75, 3.05) is 25.2 Å². The zero-order valence-corrected chi connectivity index (χ0v) is 22.5. The van der Waals surface area contributed by atoms with Gasteiger partial charge in [-0.15, -0.1) is 0 Å². The molecule has 3 heteroatoms. The Morgan fingerprint density at radius 2 is 0.800 bits per heavy atom. The molecule has 0 N–H and O–H groups in total. The molecule has 0 saturated carbocycles. The van der Waals surface area contributed by atoms with E-state index in [1.165, 1.54) is 134 Å². The number of unbranched alkanes of at least 4 members (excludes halogenated alkanes) is 15. The second-order valence-electron chi connectivity index (χ2n) is 10.2. The molecule has 0 unspecified atom stereocenters. The van der Waals surface area contributed by atoms with Crippen molar-refractivity contribution < 1.29 is 9.32 Å². The molecule has 0 aromatic carbocycles. The Morgan fingerprint density at radius 1 is 0.533 bits per heavy atom. The SMILES string of the molecule is CCCCCCCCP(C)(CCCCCCCC)(CCCCCCCC)OC(C)=O. The molecule has 2 nitrogen and oxygen atoms in total. The van der Waals surface area contributed by atoms with Crippen LogP contribution >= 0.6 is 6.83 Å². The van der Waals surface area contributed by atoms with Gasteiger partial charge in [0.25, 0.3) is 0 Å². The molecule has 0 aliphatic heterocycles. The van der Waals surface area contributed by atoms with Crippen molar-refractivity contribution in [2.24, 2.45) is 0 Å². The van der Waals surface area contributed by atoms with E-state index < -0.39 is 6.83 Å². The fourth-order valence-corrected chi connectivity index (χ4v) is 9.98. The topological polar surface area (TPSA) is 26.3 Å². The molecule has 0 aliphatic rings. The maximum atomic E-state index is 12.2. The molecule has 0 aromatic heterocycles. The van der Waals surface area contributed by atoms with E-state index in [1.54, 1.807) is 6.92 Å². The van der Waals surface area contributed by atoms with Gasteiger partial charge in [-0.1, -0.05) is 0 Å². The van der Waals surface area contributed by atoms with Crippen LogP contribution in [0.15, 0.2) is 0 Å². The standard InChI is InChI=1S/C27H57O2P/c1-6-9-12-15-18-21-24-30(5,29-27(4)28,25-22-19-16-13-10-7-2)26-23-20-17-14-11-8-3/h6-26H2,1-5H3. The van der Waals surface area contributed by atoms with Gasteiger partial charge in [0.15, 0.2) is 0 Å². The quantitative estimate of drug-likeness (QED) is 0.123. The van der Waals surface area contributed by atoms with Crippen LogP contribution in [0.5, 0.6) is 0 Å². The van der Waals surface area contributed by atoms with E-state index in [1.807, 2.05) is 0 Å². The summed E-state index contributed by atoms with van der Waals surface area (Å²) < 4.78 is 6.40. The van der Waals surface area contributed by atoms with E-state index in [9.17, 15) is 4.79 Å². The Kier molecular flexibility index (Phi) is 18.4. The molecule has 0 amide bonds. The van der Waals surface area contributed by atoms with Gasteiger partial charge < -0.3 is 0 Å². The first-order chi connectivity index (χ1) is 14.4. The van der Waals surface area contributed by atoms with Gasteiger partial charge in [0.05, 0.1) is 0 Å². The molecule has 0 spiro atoms. The summed E-state index contributed by atoms with van der Waals surface area (Å²) in [4.78, 5) is 12.2. The third kappa shape index (κ3) is 15.7. The van der Waals surface area contributed by atoms with Crippen molar-refractivity contribution in [3.05, 3.63) is 0 Å². The minimum absolute atomic E-state index is 0.0295. The van der Waals surface area contributed by atoms with Crippen LogP contribution in [0.1, 0.15) is 143 Å². The summed E-state index contributed by atoms with van der Waals surface area (Å²) in [6.45, 7) is 8.50. The molecule has 0 saturated heterocycles. The Morgan fingerprint density at radius 3 is 1.07 bits per heavy atom. The Bertz CT molecular complexity index is 364. The minimum atomic E-state index is -2.41. The number of hydrogen-bond donors (Lipinski definition) is 0. The molecule has 0 radical (unpaired) electrons. The molecule has 0 rings (SSSR count). The van der Waals surface area contributed by atoms with Crippen LogP contribution in [0, 0.1) is 0 Å². The van der Waals surface area contributed by atoms with Crippen LogP contribution in [-0.4, -0.2) is 31.1 Å². The van der Waals surface area contributed by atoms with Crippen molar-refractivity contribution in [1.29, 1.82) is 0 Å². The zero-order valence-electron chi connectivity index (χ0n) is 21.6. The summed E-state index contributed by atoms with van der Waals surface area (Å²) in [7, 11) is 0. The Balaban J connectivity index is 4.87. The van der Waals surface area contributed by atoms with Crippen LogP contribution in [0.3, 0.4) is 0 Å². The third-order valence-corrected chi connectivity index (χ3v) is 12.4. The first-order valence-corrected chi connectivity index (χ1v) is 16.8. The molecule has 0 fully saturated rings. The van der Waals surface area contributed by atoms with Gasteiger partial charge in [0.1, 0.15) is 0 Å². The van der Waals surface area contributed by atoms with Gasteiger partial charge in [-0.3, -0.25) is 0 Å². The van der Waals surface area contributed by atoms with Gasteiger partial charge in [0, 0.05) is 0 Å². The van der Waals surface area contributed by atoms with Gasteiger partial charge in [-0.25, -0.2) is 0 Å². The average molecular weight is 445 g/mol. The van der Waals surface area contributed by atoms with Gasteiger partial charge in [-0.2, -0.15) is 0 Å². The molecular formula is C27H57O2P. The summed E-state index contributed by atoms with van der Waals surface area (Å²) in [6.07, 6.45) is 27.2. The third-order valence-electron chi connectivity index (χ3n) is 6.84. The van der Waals surface area contributed by atoms with Gasteiger partial charge in [-0.05, 0) is 0 Å². The summed E-state index contributed by atoms with van der Waals surface area (Å²) in [5.41, 5.74) is 0. The van der Waals surface area contributed by atoms with Crippen LogP contribution in [-0.2, 0) is 9.32 Å². The van der Waals surface area contributed by atoms with Crippen molar-refractivity contribution in [2.45, 2.75) is 143 Å². The van der Waals surface area contributed by atoms with Crippen molar-refractivity contribution in [1.82, 2.24) is 0 Å². The molecule has 182 valence electrons. The molecule has 0 heterocycles. The van der Waals surface area contributed by atoms with Gasteiger partial charge >= 0.3 is 191 Å². The molecular weight excluding hydrogens is 387 g/mol. The summed E-state index contributed by atoms with van der Waals surface area (Å²) in [6, 6.07) is 0. The zero-order chi connectivity index (χ0) is 22.6. The van der Waals surface area contributed by atoms with Crippen molar-refractivity contribution in [3.8, 4) is 0 Å². The van der Waals surface area contributed by atoms with Crippen molar-refractivity contribution in [3.63, 3.8) is 0 Å². The van der Waals surface area contributed by atoms with E-state index in [-0.39, 0.29) is 5.97 Å². The van der Waals surface area contributed by atoms with E-state index in [0.717, 1.165) is 0 Å². The second kappa shape index (κ2) is 18.5. The fourth-order valence-electron chi connectivity index (χ4n) is 4.89. The van der Waals surface area contributed by atoms with E-state index in [2.05, 4.69) is 27.4 Å². The molecule has 0 atom stereocenters. The van der Waals surface area contributed by atoms with Gasteiger partial charge in [0.2, 0.25) is 0 Å². The fraction of sp³-hybridized carbons (Fsp3) is 0.963. The number of carbonyl (C=O) groups excluding carboxylic acids is 1. The Hall–Kier alpha value is -0.100. The predicted molar refractivity (Wildman–Crippen MR) is 139 cm³/mol. The maximum absolute atomic E-state index is 12.2. The molecule has 0 aromatic rings. The van der Waals surface area contributed by atoms with E-state index >= 15 is 0 Å². The van der Waals surface area contributed by atoms with Crippen LogP contribution < -0.4 is 0 Å². The first-order valence-electron chi connectivity index (χ1n) is 13.6. The molecule has 0 bridgehead atoms.